The Morgan fingerprint density at radius 3 is 2.56 bits per heavy atom. The third-order valence-corrected chi connectivity index (χ3v) is 4.74. The Balaban J connectivity index is 1.74. The topological polar surface area (TPSA) is 29.5 Å². The highest BCUT2D eigenvalue weighted by Crippen LogP contribution is 2.47. The molecule has 18 heavy (non-hydrogen) atoms. The van der Waals surface area contributed by atoms with Gasteiger partial charge in [-0.05, 0) is 31.2 Å². The van der Waals surface area contributed by atoms with Crippen molar-refractivity contribution in [2.75, 3.05) is 6.61 Å². The first-order chi connectivity index (χ1) is 8.81. The molecular formula is C16H22O2. The van der Waals surface area contributed by atoms with E-state index in [1.807, 2.05) is 6.07 Å². The Bertz CT molecular complexity index is 377. The van der Waals surface area contributed by atoms with Crippen LogP contribution in [-0.2, 0) is 10.2 Å². The molecule has 0 aromatic heterocycles. The van der Waals surface area contributed by atoms with Gasteiger partial charge in [-0.3, -0.25) is 0 Å². The molecule has 2 unspecified atom stereocenters. The van der Waals surface area contributed by atoms with Crippen molar-refractivity contribution in [1.82, 2.24) is 0 Å². The molecule has 2 nitrogen and oxygen atoms in total. The van der Waals surface area contributed by atoms with E-state index in [1.54, 1.807) is 0 Å². The molecule has 2 fully saturated rings. The average Bonchev–Trinajstić information content (AvgIpc) is 2.82. The van der Waals surface area contributed by atoms with Crippen LogP contribution in [-0.4, -0.2) is 23.9 Å². The molecular weight excluding hydrogens is 224 g/mol. The Kier molecular flexibility index (Phi) is 3.40. The van der Waals surface area contributed by atoms with Crippen molar-refractivity contribution < 1.29 is 9.84 Å². The van der Waals surface area contributed by atoms with Gasteiger partial charge in [0.15, 0.2) is 0 Å². The van der Waals surface area contributed by atoms with Gasteiger partial charge in [-0.25, -0.2) is 0 Å². The number of ether oxygens (including phenoxy) is 1. The van der Waals surface area contributed by atoms with E-state index in [0.717, 1.165) is 38.7 Å². The number of aliphatic hydroxyl groups excluding tert-OH is 1. The van der Waals surface area contributed by atoms with Gasteiger partial charge in [-0.15, -0.1) is 0 Å². The molecule has 3 rings (SSSR count). The second-order valence-corrected chi connectivity index (χ2v) is 5.76. The molecule has 98 valence electrons. The summed E-state index contributed by atoms with van der Waals surface area (Å²) < 4.78 is 5.66. The Morgan fingerprint density at radius 2 is 2.00 bits per heavy atom. The van der Waals surface area contributed by atoms with E-state index in [0.29, 0.717) is 0 Å². The highest BCUT2D eigenvalue weighted by molar-refractivity contribution is 5.29. The Morgan fingerprint density at radius 1 is 1.22 bits per heavy atom. The van der Waals surface area contributed by atoms with Crippen LogP contribution < -0.4 is 0 Å². The van der Waals surface area contributed by atoms with Gasteiger partial charge in [-0.1, -0.05) is 36.8 Å². The van der Waals surface area contributed by atoms with E-state index in [-0.39, 0.29) is 17.6 Å². The van der Waals surface area contributed by atoms with Crippen LogP contribution in [0.5, 0.6) is 0 Å². The van der Waals surface area contributed by atoms with Crippen molar-refractivity contribution in [1.29, 1.82) is 0 Å². The van der Waals surface area contributed by atoms with Crippen LogP contribution in [0, 0.1) is 0 Å². The van der Waals surface area contributed by atoms with E-state index >= 15 is 0 Å². The normalized spacial score (nSPS) is 27.7. The predicted octanol–water partition coefficient (Wildman–Crippen LogP) is 3.04. The van der Waals surface area contributed by atoms with E-state index in [9.17, 15) is 5.11 Å². The molecule has 2 heteroatoms. The summed E-state index contributed by atoms with van der Waals surface area (Å²) in [4.78, 5) is 0. The van der Waals surface area contributed by atoms with Crippen LogP contribution in [0.15, 0.2) is 30.3 Å². The molecule has 1 heterocycles. The standard InChI is InChI=1S/C16H22O2/c17-15(12-14-8-4-11-18-14)16(9-5-10-16)13-6-2-1-3-7-13/h1-3,6-7,14-15,17H,4-5,8-12H2. The SMILES string of the molecule is OC(CC1CCCO1)C1(c2ccccc2)CCC1. The summed E-state index contributed by atoms with van der Waals surface area (Å²) in [5.74, 6) is 0. The summed E-state index contributed by atoms with van der Waals surface area (Å²) in [7, 11) is 0. The molecule has 1 saturated heterocycles. The largest absolute Gasteiger partial charge is 0.392 e. The van der Waals surface area contributed by atoms with Gasteiger partial charge < -0.3 is 9.84 Å². The molecule has 0 bridgehead atoms. The zero-order valence-electron chi connectivity index (χ0n) is 10.8. The monoisotopic (exact) mass is 246 g/mol. The van der Waals surface area contributed by atoms with Gasteiger partial charge in [0.1, 0.15) is 0 Å². The van der Waals surface area contributed by atoms with Gasteiger partial charge in [0.2, 0.25) is 0 Å². The number of benzene rings is 1. The summed E-state index contributed by atoms with van der Waals surface area (Å²) in [6.07, 6.45) is 6.55. The molecule has 1 aromatic carbocycles. The molecule has 0 amide bonds. The van der Waals surface area contributed by atoms with Gasteiger partial charge >= 0.3 is 0 Å². The lowest BCUT2D eigenvalue weighted by Gasteiger charge is -2.46. The summed E-state index contributed by atoms with van der Waals surface area (Å²) in [5.41, 5.74) is 1.31. The number of hydrogen-bond donors (Lipinski definition) is 1. The van der Waals surface area contributed by atoms with Crippen LogP contribution >= 0.6 is 0 Å². The molecule has 1 N–H and O–H groups in total. The first-order valence-corrected chi connectivity index (χ1v) is 7.16. The molecule has 0 radical (unpaired) electrons. The lowest BCUT2D eigenvalue weighted by molar-refractivity contribution is -0.0158. The van der Waals surface area contributed by atoms with E-state index in [2.05, 4.69) is 24.3 Å². The van der Waals surface area contributed by atoms with Crippen LogP contribution in [0.3, 0.4) is 0 Å². The summed E-state index contributed by atoms with van der Waals surface area (Å²) in [5, 5.41) is 10.7. The number of hydrogen-bond acceptors (Lipinski definition) is 2. The Labute approximate surface area is 109 Å². The molecule has 1 saturated carbocycles. The minimum absolute atomic E-state index is 0.00715. The number of rotatable bonds is 4. The predicted molar refractivity (Wildman–Crippen MR) is 71.6 cm³/mol. The van der Waals surface area contributed by atoms with E-state index in [1.165, 1.54) is 12.0 Å². The maximum Gasteiger partial charge on any atom is 0.0661 e. The van der Waals surface area contributed by atoms with Gasteiger partial charge in [0, 0.05) is 18.4 Å². The zero-order chi connectivity index (χ0) is 12.4. The average molecular weight is 246 g/mol. The molecule has 1 aliphatic heterocycles. The van der Waals surface area contributed by atoms with Crippen molar-refractivity contribution >= 4 is 0 Å². The van der Waals surface area contributed by atoms with Crippen molar-refractivity contribution in [2.24, 2.45) is 0 Å². The Hall–Kier alpha value is -0.860. The highest BCUT2D eigenvalue weighted by atomic mass is 16.5. The first-order valence-electron chi connectivity index (χ1n) is 7.16. The van der Waals surface area contributed by atoms with E-state index < -0.39 is 0 Å². The quantitative estimate of drug-likeness (QED) is 0.885. The summed E-state index contributed by atoms with van der Waals surface area (Å²) in [6, 6.07) is 10.5. The molecule has 0 spiro atoms. The van der Waals surface area contributed by atoms with Gasteiger partial charge in [0.05, 0.1) is 12.2 Å². The fourth-order valence-corrected chi connectivity index (χ4v) is 3.45. The van der Waals surface area contributed by atoms with Crippen molar-refractivity contribution in [3.8, 4) is 0 Å². The van der Waals surface area contributed by atoms with Crippen molar-refractivity contribution in [3.63, 3.8) is 0 Å². The van der Waals surface area contributed by atoms with Crippen LogP contribution in [0.4, 0.5) is 0 Å². The van der Waals surface area contributed by atoms with Crippen molar-refractivity contribution in [3.05, 3.63) is 35.9 Å². The molecule has 1 aliphatic carbocycles. The van der Waals surface area contributed by atoms with Crippen molar-refractivity contribution in [2.45, 2.75) is 56.1 Å². The minimum Gasteiger partial charge on any atom is -0.392 e. The molecule has 2 atom stereocenters. The minimum atomic E-state index is -0.253. The smallest absolute Gasteiger partial charge is 0.0661 e. The first kappa shape index (κ1) is 12.2. The second-order valence-electron chi connectivity index (χ2n) is 5.76. The highest BCUT2D eigenvalue weighted by Gasteiger charge is 2.45. The lowest BCUT2D eigenvalue weighted by atomic mass is 9.60. The fraction of sp³-hybridized carbons (Fsp3) is 0.625. The third kappa shape index (κ3) is 2.08. The van der Waals surface area contributed by atoms with Crippen LogP contribution in [0.25, 0.3) is 0 Å². The summed E-state index contributed by atoms with van der Waals surface area (Å²) >= 11 is 0. The lowest BCUT2D eigenvalue weighted by Crippen LogP contribution is -2.46. The van der Waals surface area contributed by atoms with Gasteiger partial charge in [0.25, 0.3) is 0 Å². The molecule has 2 aliphatic rings. The van der Waals surface area contributed by atoms with Crippen LogP contribution in [0.2, 0.25) is 0 Å². The zero-order valence-corrected chi connectivity index (χ0v) is 10.8. The number of aliphatic hydroxyl groups is 1. The second kappa shape index (κ2) is 5.02. The fourth-order valence-electron chi connectivity index (χ4n) is 3.45. The maximum absolute atomic E-state index is 10.7. The maximum atomic E-state index is 10.7. The van der Waals surface area contributed by atoms with E-state index in [4.69, 9.17) is 4.74 Å². The van der Waals surface area contributed by atoms with Crippen LogP contribution in [0.1, 0.15) is 44.1 Å². The third-order valence-electron chi connectivity index (χ3n) is 4.74. The molecule has 1 aromatic rings. The summed E-state index contributed by atoms with van der Waals surface area (Å²) in [6.45, 7) is 0.871. The van der Waals surface area contributed by atoms with Gasteiger partial charge in [-0.2, -0.15) is 0 Å².